The Bertz CT molecular complexity index is 445. The number of aromatic nitrogens is 3. The molecule has 0 bridgehead atoms. The largest absolute Gasteiger partial charge is 0.396 e. The number of nitrogens with zero attached hydrogens (tertiary/aromatic N) is 3. The first-order valence-corrected chi connectivity index (χ1v) is 5.25. The lowest BCUT2D eigenvalue weighted by molar-refractivity contribution is 0.287. The molecule has 4 nitrogen and oxygen atoms in total. The van der Waals surface area contributed by atoms with Gasteiger partial charge < -0.3 is 5.11 Å². The summed E-state index contributed by atoms with van der Waals surface area (Å²) >= 11 is 0. The summed E-state index contributed by atoms with van der Waals surface area (Å²) in [6, 6.07) is 9.86. The Hall–Kier alpha value is -1.81. The van der Waals surface area contributed by atoms with Gasteiger partial charge in [-0.15, -0.1) is 5.10 Å². The van der Waals surface area contributed by atoms with Crippen molar-refractivity contribution in [1.82, 2.24) is 15.2 Å². The van der Waals surface area contributed by atoms with Crippen molar-refractivity contribution in [3.8, 4) is 11.3 Å². The molecule has 0 unspecified atom stereocenters. The number of aliphatic hydroxyl groups excluding tert-OH is 1. The summed E-state index contributed by atoms with van der Waals surface area (Å²) in [5.74, 6) is 0.676. The van der Waals surface area contributed by atoms with Crippen LogP contribution in [0.3, 0.4) is 0 Å². The predicted molar refractivity (Wildman–Crippen MR) is 60.7 cm³/mol. The van der Waals surface area contributed by atoms with Gasteiger partial charge in [0.25, 0.3) is 0 Å². The number of aryl methyl sites for hydroxylation is 1. The van der Waals surface area contributed by atoms with E-state index in [1.807, 2.05) is 30.3 Å². The Morgan fingerprint density at radius 3 is 2.69 bits per heavy atom. The van der Waals surface area contributed by atoms with Gasteiger partial charge in [0.15, 0.2) is 5.82 Å². The molecule has 0 amide bonds. The monoisotopic (exact) mass is 215 g/mol. The van der Waals surface area contributed by atoms with Crippen LogP contribution in [0.5, 0.6) is 0 Å². The van der Waals surface area contributed by atoms with E-state index in [2.05, 4.69) is 15.2 Å². The minimum Gasteiger partial charge on any atom is -0.396 e. The van der Waals surface area contributed by atoms with Crippen LogP contribution in [0.4, 0.5) is 0 Å². The van der Waals surface area contributed by atoms with E-state index in [0.29, 0.717) is 18.7 Å². The van der Waals surface area contributed by atoms with E-state index in [1.54, 1.807) is 6.20 Å². The highest BCUT2D eigenvalue weighted by atomic mass is 16.2. The molecule has 1 aromatic heterocycles. The summed E-state index contributed by atoms with van der Waals surface area (Å²) in [4.78, 5) is 4.40. The molecule has 0 aliphatic carbocycles. The second-order valence-electron chi connectivity index (χ2n) is 3.45. The molecule has 0 spiro atoms. The van der Waals surface area contributed by atoms with Crippen LogP contribution in [0.2, 0.25) is 0 Å². The fourth-order valence-corrected chi connectivity index (χ4v) is 1.43. The molecule has 0 saturated heterocycles. The fourth-order valence-electron chi connectivity index (χ4n) is 1.43. The second-order valence-corrected chi connectivity index (χ2v) is 3.45. The Kier molecular flexibility index (Phi) is 3.56. The van der Waals surface area contributed by atoms with Gasteiger partial charge >= 0.3 is 0 Å². The Morgan fingerprint density at radius 2 is 1.94 bits per heavy atom. The number of benzene rings is 1. The van der Waals surface area contributed by atoms with Crippen molar-refractivity contribution < 1.29 is 5.11 Å². The van der Waals surface area contributed by atoms with E-state index in [4.69, 9.17) is 5.11 Å². The van der Waals surface area contributed by atoms with Gasteiger partial charge in [-0.1, -0.05) is 30.3 Å². The molecule has 0 aliphatic heterocycles. The van der Waals surface area contributed by atoms with E-state index in [0.717, 1.165) is 11.3 Å². The highest BCUT2D eigenvalue weighted by Gasteiger charge is 2.02. The Labute approximate surface area is 94.0 Å². The van der Waals surface area contributed by atoms with Crippen LogP contribution in [0, 0.1) is 0 Å². The molecule has 0 atom stereocenters. The zero-order valence-electron chi connectivity index (χ0n) is 8.87. The van der Waals surface area contributed by atoms with E-state index in [9.17, 15) is 0 Å². The number of rotatable bonds is 4. The van der Waals surface area contributed by atoms with Crippen molar-refractivity contribution in [2.45, 2.75) is 12.8 Å². The molecule has 2 aromatic rings. The Morgan fingerprint density at radius 1 is 1.12 bits per heavy atom. The second kappa shape index (κ2) is 5.32. The maximum absolute atomic E-state index is 8.74. The predicted octanol–water partition coefficient (Wildman–Crippen LogP) is 1.46. The van der Waals surface area contributed by atoms with Gasteiger partial charge in [0.1, 0.15) is 0 Å². The lowest BCUT2D eigenvalue weighted by Crippen LogP contribution is -2.00. The molecule has 0 saturated carbocycles. The van der Waals surface area contributed by atoms with Crippen LogP contribution < -0.4 is 0 Å². The Balaban J connectivity index is 2.22. The van der Waals surface area contributed by atoms with Crippen LogP contribution >= 0.6 is 0 Å². The van der Waals surface area contributed by atoms with Crippen molar-refractivity contribution in [1.29, 1.82) is 0 Å². The summed E-state index contributed by atoms with van der Waals surface area (Å²) in [6.07, 6.45) is 2.97. The van der Waals surface area contributed by atoms with E-state index in [1.165, 1.54) is 0 Å². The van der Waals surface area contributed by atoms with E-state index in [-0.39, 0.29) is 6.61 Å². The van der Waals surface area contributed by atoms with E-state index >= 15 is 0 Å². The molecular formula is C12H13N3O. The summed E-state index contributed by atoms with van der Waals surface area (Å²) in [5, 5.41) is 16.6. The molecule has 2 rings (SSSR count). The third kappa shape index (κ3) is 2.61. The lowest BCUT2D eigenvalue weighted by atomic mass is 10.2. The van der Waals surface area contributed by atoms with Gasteiger partial charge in [0.2, 0.25) is 0 Å². The van der Waals surface area contributed by atoms with Crippen molar-refractivity contribution >= 4 is 0 Å². The van der Waals surface area contributed by atoms with Gasteiger partial charge in [-0.25, -0.2) is 4.98 Å². The highest BCUT2D eigenvalue weighted by molar-refractivity contribution is 5.57. The van der Waals surface area contributed by atoms with Gasteiger partial charge in [-0.2, -0.15) is 5.10 Å². The SMILES string of the molecule is OCCCc1nncc(-c2ccccc2)n1. The topological polar surface area (TPSA) is 58.9 Å². The van der Waals surface area contributed by atoms with Crippen molar-refractivity contribution in [2.75, 3.05) is 6.61 Å². The summed E-state index contributed by atoms with van der Waals surface area (Å²) in [7, 11) is 0. The van der Waals surface area contributed by atoms with Crippen molar-refractivity contribution in [3.63, 3.8) is 0 Å². The van der Waals surface area contributed by atoms with Crippen LogP contribution in [-0.4, -0.2) is 26.9 Å². The molecule has 4 heteroatoms. The molecule has 1 N–H and O–H groups in total. The van der Waals surface area contributed by atoms with E-state index < -0.39 is 0 Å². The van der Waals surface area contributed by atoms with Crippen LogP contribution in [-0.2, 0) is 6.42 Å². The first-order chi connectivity index (χ1) is 7.90. The molecular weight excluding hydrogens is 202 g/mol. The van der Waals surface area contributed by atoms with Gasteiger partial charge in [0.05, 0.1) is 11.9 Å². The molecule has 1 heterocycles. The molecule has 82 valence electrons. The fraction of sp³-hybridized carbons (Fsp3) is 0.250. The molecule has 0 radical (unpaired) electrons. The quantitative estimate of drug-likeness (QED) is 0.838. The molecule has 1 aromatic carbocycles. The van der Waals surface area contributed by atoms with Crippen LogP contribution in [0.1, 0.15) is 12.2 Å². The smallest absolute Gasteiger partial charge is 0.151 e. The molecule has 0 aliphatic rings. The van der Waals surface area contributed by atoms with Crippen molar-refractivity contribution in [2.24, 2.45) is 0 Å². The third-order valence-corrected chi connectivity index (χ3v) is 2.23. The summed E-state index contributed by atoms with van der Waals surface area (Å²) < 4.78 is 0. The lowest BCUT2D eigenvalue weighted by Gasteiger charge is -2.01. The summed E-state index contributed by atoms with van der Waals surface area (Å²) in [6.45, 7) is 0.152. The van der Waals surface area contributed by atoms with Crippen molar-refractivity contribution in [3.05, 3.63) is 42.4 Å². The highest BCUT2D eigenvalue weighted by Crippen LogP contribution is 2.14. The molecule has 0 fully saturated rings. The minimum atomic E-state index is 0.152. The average Bonchev–Trinajstić information content (AvgIpc) is 2.38. The first kappa shape index (κ1) is 10.7. The average molecular weight is 215 g/mol. The van der Waals surface area contributed by atoms with Gasteiger partial charge in [-0.05, 0) is 6.42 Å². The zero-order chi connectivity index (χ0) is 11.2. The normalized spacial score (nSPS) is 10.3. The number of hydrogen-bond donors (Lipinski definition) is 1. The third-order valence-electron chi connectivity index (χ3n) is 2.23. The maximum atomic E-state index is 8.74. The zero-order valence-corrected chi connectivity index (χ0v) is 8.87. The maximum Gasteiger partial charge on any atom is 0.151 e. The minimum absolute atomic E-state index is 0.152. The number of aliphatic hydroxyl groups is 1. The molecule has 16 heavy (non-hydrogen) atoms. The van der Waals surface area contributed by atoms with Crippen LogP contribution in [0.25, 0.3) is 11.3 Å². The van der Waals surface area contributed by atoms with Gasteiger partial charge in [0, 0.05) is 18.6 Å². The summed E-state index contributed by atoms with van der Waals surface area (Å²) in [5.41, 5.74) is 1.85. The first-order valence-electron chi connectivity index (χ1n) is 5.25. The van der Waals surface area contributed by atoms with Crippen LogP contribution in [0.15, 0.2) is 36.5 Å². The number of hydrogen-bond acceptors (Lipinski definition) is 4. The standard InChI is InChI=1S/C12H13N3O/c16-8-4-7-12-14-11(9-13-15-12)10-5-2-1-3-6-10/h1-3,5-6,9,16H,4,7-8H2. The van der Waals surface area contributed by atoms with Gasteiger partial charge in [-0.3, -0.25) is 0 Å².